The van der Waals surface area contributed by atoms with Crippen LogP contribution in [-0.4, -0.2) is 16.2 Å². The molecule has 110 valence electrons. The topological polar surface area (TPSA) is 57.5 Å². The van der Waals surface area contributed by atoms with E-state index in [0.717, 1.165) is 0 Å². The lowest BCUT2D eigenvalue weighted by Crippen LogP contribution is -2.15. The van der Waals surface area contributed by atoms with E-state index in [-0.39, 0.29) is 17.2 Å². The number of benzene rings is 2. The Morgan fingerprint density at radius 3 is 2.57 bits per heavy atom. The molecule has 2 aromatic carbocycles. The number of phenols is 1. The molecule has 0 aliphatic carbocycles. The zero-order valence-corrected chi connectivity index (χ0v) is 12.1. The number of carboxylic acid groups (broad SMARTS) is 1. The molecule has 0 bridgehead atoms. The van der Waals surface area contributed by atoms with Gasteiger partial charge in [-0.2, -0.15) is 0 Å². The fourth-order valence-electron chi connectivity index (χ4n) is 2.09. The average Bonchev–Trinajstić information content (AvgIpc) is 2.43. The van der Waals surface area contributed by atoms with Gasteiger partial charge in [-0.05, 0) is 48.2 Å². The molecule has 0 saturated heterocycles. The highest BCUT2D eigenvalue weighted by Crippen LogP contribution is 2.28. The van der Waals surface area contributed by atoms with Crippen LogP contribution in [0.2, 0.25) is 5.02 Å². The third-order valence-corrected chi connectivity index (χ3v) is 3.65. The molecule has 0 heterocycles. The normalized spacial score (nSPS) is 12.1. The number of aliphatic carboxylic acids is 1. The second kappa shape index (κ2) is 6.14. The van der Waals surface area contributed by atoms with Crippen LogP contribution in [0.3, 0.4) is 0 Å². The Hall–Kier alpha value is -2.07. The van der Waals surface area contributed by atoms with Gasteiger partial charge in [-0.1, -0.05) is 29.8 Å². The zero-order chi connectivity index (χ0) is 15.6. The van der Waals surface area contributed by atoms with E-state index in [1.807, 2.05) is 0 Å². The fourth-order valence-corrected chi connectivity index (χ4v) is 2.29. The summed E-state index contributed by atoms with van der Waals surface area (Å²) in [6.45, 7) is 1.62. The lowest BCUT2D eigenvalue weighted by Gasteiger charge is -2.14. The molecule has 0 fully saturated rings. The van der Waals surface area contributed by atoms with Gasteiger partial charge < -0.3 is 10.2 Å². The highest BCUT2D eigenvalue weighted by Gasteiger charge is 2.21. The lowest BCUT2D eigenvalue weighted by molar-refractivity contribution is -0.138. The van der Waals surface area contributed by atoms with Crippen LogP contribution in [0.25, 0.3) is 0 Å². The van der Waals surface area contributed by atoms with E-state index in [9.17, 15) is 19.4 Å². The van der Waals surface area contributed by atoms with Crippen molar-refractivity contribution in [3.05, 3.63) is 63.9 Å². The number of aromatic hydroxyl groups is 1. The number of rotatable bonds is 4. The third kappa shape index (κ3) is 3.52. The van der Waals surface area contributed by atoms with Crippen molar-refractivity contribution in [1.82, 2.24) is 0 Å². The van der Waals surface area contributed by atoms with Crippen LogP contribution >= 0.6 is 11.6 Å². The minimum Gasteiger partial charge on any atom is -0.506 e. The van der Waals surface area contributed by atoms with Crippen molar-refractivity contribution >= 4 is 17.6 Å². The second-order valence-corrected chi connectivity index (χ2v) is 5.30. The van der Waals surface area contributed by atoms with Crippen LogP contribution < -0.4 is 0 Å². The third-order valence-electron chi connectivity index (χ3n) is 3.35. The Balaban J connectivity index is 2.32. The predicted molar refractivity (Wildman–Crippen MR) is 78.3 cm³/mol. The fraction of sp³-hybridized carbons (Fsp3) is 0.188. The molecule has 0 aliphatic heterocycles. The standard InChI is InChI=1S/C16H14ClFO3/c1-9-2-4-11(8-14(9)18)12(16(20)21)6-10-3-5-15(19)13(17)7-10/h2-5,7-8,12,19H,6H2,1H3,(H,20,21). The van der Waals surface area contributed by atoms with Gasteiger partial charge in [0.05, 0.1) is 10.9 Å². The molecule has 0 spiro atoms. The van der Waals surface area contributed by atoms with Crippen LogP contribution in [0.15, 0.2) is 36.4 Å². The summed E-state index contributed by atoms with van der Waals surface area (Å²) in [7, 11) is 0. The van der Waals surface area contributed by atoms with Gasteiger partial charge in [0, 0.05) is 0 Å². The molecule has 0 aromatic heterocycles. The van der Waals surface area contributed by atoms with E-state index in [2.05, 4.69) is 0 Å². The van der Waals surface area contributed by atoms with E-state index in [1.54, 1.807) is 25.1 Å². The number of carboxylic acids is 1. The van der Waals surface area contributed by atoms with Gasteiger partial charge in [-0.25, -0.2) is 4.39 Å². The number of hydrogen-bond acceptors (Lipinski definition) is 2. The summed E-state index contributed by atoms with van der Waals surface area (Å²) < 4.78 is 13.6. The molecular formula is C16H14ClFO3. The monoisotopic (exact) mass is 308 g/mol. The van der Waals surface area contributed by atoms with Gasteiger partial charge in [0.2, 0.25) is 0 Å². The maximum atomic E-state index is 13.6. The second-order valence-electron chi connectivity index (χ2n) is 4.89. The molecule has 0 radical (unpaired) electrons. The quantitative estimate of drug-likeness (QED) is 0.900. The highest BCUT2D eigenvalue weighted by molar-refractivity contribution is 6.32. The molecule has 5 heteroatoms. The highest BCUT2D eigenvalue weighted by atomic mass is 35.5. The van der Waals surface area contributed by atoms with Crippen LogP contribution in [0.5, 0.6) is 5.75 Å². The number of carbonyl (C=O) groups is 1. The summed E-state index contributed by atoms with van der Waals surface area (Å²) in [5, 5.41) is 18.9. The summed E-state index contributed by atoms with van der Waals surface area (Å²) in [4.78, 5) is 11.4. The predicted octanol–water partition coefficient (Wildman–Crippen LogP) is 3.90. The van der Waals surface area contributed by atoms with E-state index in [4.69, 9.17) is 11.6 Å². The van der Waals surface area contributed by atoms with Crippen molar-refractivity contribution in [3.8, 4) is 5.75 Å². The first-order valence-corrected chi connectivity index (χ1v) is 6.72. The Labute approximate surface area is 126 Å². The molecule has 3 nitrogen and oxygen atoms in total. The van der Waals surface area contributed by atoms with Gasteiger partial charge in [0.1, 0.15) is 11.6 Å². The number of aryl methyl sites for hydroxylation is 1. The van der Waals surface area contributed by atoms with Crippen LogP contribution in [0, 0.1) is 12.7 Å². The first-order valence-electron chi connectivity index (χ1n) is 6.34. The largest absolute Gasteiger partial charge is 0.506 e. The van der Waals surface area contributed by atoms with E-state index in [0.29, 0.717) is 16.7 Å². The first kappa shape index (κ1) is 15.3. The number of phenolic OH excluding ortho intramolecular Hbond substituents is 1. The molecule has 1 unspecified atom stereocenters. The van der Waals surface area contributed by atoms with E-state index >= 15 is 0 Å². The van der Waals surface area contributed by atoms with Gasteiger partial charge >= 0.3 is 5.97 Å². The van der Waals surface area contributed by atoms with Gasteiger partial charge in [-0.15, -0.1) is 0 Å². The minimum atomic E-state index is -1.04. The first-order chi connectivity index (χ1) is 9.88. The summed E-state index contributed by atoms with van der Waals surface area (Å²) in [6, 6.07) is 8.94. The van der Waals surface area contributed by atoms with Gasteiger partial charge in [0.15, 0.2) is 0 Å². The molecule has 0 saturated carbocycles. The Morgan fingerprint density at radius 1 is 1.29 bits per heavy atom. The number of hydrogen-bond donors (Lipinski definition) is 2. The molecule has 0 amide bonds. The van der Waals surface area contributed by atoms with Crippen molar-refractivity contribution in [2.45, 2.75) is 19.3 Å². The Bertz CT molecular complexity index is 685. The zero-order valence-electron chi connectivity index (χ0n) is 11.3. The van der Waals surface area contributed by atoms with Crippen molar-refractivity contribution in [3.63, 3.8) is 0 Å². The molecule has 21 heavy (non-hydrogen) atoms. The van der Waals surface area contributed by atoms with Gasteiger partial charge in [-0.3, -0.25) is 4.79 Å². The van der Waals surface area contributed by atoms with E-state index < -0.39 is 17.7 Å². The maximum Gasteiger partial charge on any atom is 0.311 e. The maximum absolute atomic E-state index is 13.6. The molecule has 1 atom stereocenters. The minimum absolute atomic E-state index is 0.0614. The summed E-state index contributed by atoms with van der Waals surface area (Å²) in [5.74, 6) is -2.40. The van der Waals surface area contributed by atoms with Crippen LogP contribution in [0.4, 0.5) is 4.39 Å². The lowest BCUT2D eigenvalue weighted by atomic mass is 9.91. The summed E-state index contributed by atoms with van der Waals surface area (Å²) in [5.41, 5.74) is 1.52. The van der Waals surface area contributed by atoms with Crippen molar-refractivity contribution in [2.75, 3.05) is 0 Å². The Kier molecular flexibility index (Phi) is 4.48. The molecule has 2 N–H and O–H groups in total. The van der Waals surface area contributed by atoms with Crippen LogP contribution in [0.1, 0.15) is 22.6 Å². The molecule has 2 aromatic rings. The molecule has 2 rings (SSSR count). The summed E-state index contributed by atoms with van der Waals surface area (Å²) in [6.07, 6.45) is 0.165. The van der Waals surface area contributed by atoms with Crippen molar-refractivity contribution in [1.29, 1.82) is 0 Å². The van der Waals surface area contributed by atoms with Crippen molar-refractivity contribution in [2.24, 2.45) is 0 Å². The Morgan fingerprint density at radius 2 is 2.00 bits per heavy atom. The number of halogens is 2. The molecular weight excluding hydrogens is 295 g/mol. The molecule has 0 aliphatic rings. The van der Waals surface area contributed by atoms with Crippen molar-refractivity contribution < 1.29 is 19.4 Å². The van der Waals surface area contributed by atoms with Gasteiger partial charge in [0.25, 0.3) is 0 Å². The smallest absolute Gasteiger partial charge is 0.311 e. The average molecular weight is 309 g/mol. The van der Waals surface area contributed by atoms with Crippen LogP contribution in [-0.2, 0) is 11.2 Å². The SMILES string of the molecule is Cc1ccc(C(Cc2ccc(O)c(Cl)c2)C(=O)O)cc1F. The van der Waals surface area contributed by atoms with E-state index in [1.165, 1.54) is 18.2 Å². The summed E-state index contributed by atoms with van der Waals surface area (Å²) >= 11 is 5.81.